The zero-order valence-electron chi connectivity index (χ0n) is 9.78. The monoisotopic (exact) mass is 286 g/mol. The first-order valence-electron chi connectivity index (χ1n) is 5.25. The molecular weight excluding hydrogens is 277 g/mol. The van der Waals surface area contributed by atoms with Crippen LogP contribution in [0.2, 0.25) is 0 Å². The molecule has 1 heterocycles. The minimum Gasteiger partial charge on any atom is -0.321 e. The van der Waals surface area contributed by atoms with Crippen LogP contribution in [0.25, 0.3) is 0 Å². The topological polar surface area (TPSA) is 42.0 Å². The molecule has 7 heteroatoms. The molecule has 1 aromatic heterocycles. The number of nitrogens with one attached hydrogen (secondary N) is 1. The molecule has 0 aliphatic heterocycles. The Labute approximate surface area is 111 Å². The van der Waals surface area contributed by atoms with Crippen LogP contribution in [0.15, 0.2) is 29.1 Å². The maximum atomic E-state index is 12.7. The Morgan fingerprint density at radius 2 is 2.11 bits per heavy atom. The molecule has 1 N–H and O–H groups in total. The predicted molar refractivity (Wildman–Crippen MR) is 66.2 cm³/mol. The van der Waals surface area contributed by atoms with E-state index in [9.17, 15) is 18.0 Å². The van der Waals surface area contributed by atoms with Crippen LogP contribution < -0.4 is 5.32 Å². The summed E-state index contributed by atoms with van der Waals surface area (Å²) in [5, 5.41) is 3.91. The molecule has 0 atom stereocenters. The number of aromatic nitrogens is 1. The molecule has 0 fully saturated rings. The number of alkyl halides is 3. The summed E-state index contributed by atoms with van der Waals surface area (Å²) >= 11 is 1.24. The molecule has 1 aromatic carbocycles. The van der Waals surface area contributed by atoms with Gasteiger partial charge in [0.15, 0.2) is 0 Å². The minimum absolute atomic E-state index is 0.0934. The largest absolute Gasteiger partial charge is 0.416 e. The Kier molecular flexibility index (Phi) is 3.57. The van der Waals surface area contributed by atoms with Crippen LogP contribution in [-0.4, -0.2) is 10.9 Å². The van der Waals surface area contributed by atoms with Crippen molar-refractivity contribution in [2.75, 3.05) is 5.32 Å². The Morgan fingerprint density at radius 3 is 2.68 bits per heavy atom. The number of thiazole rings is 1. The van der Waals surface area contributed by atoms with Gasteiger partial charge in [-0.1, -0.05) is 6.07 Å². The lowest BCUT2D eigenvalue weighted by molar-refractivity contribution is -0.138. The van der Waals surface area contributed by atoms with Crippen molar-refractivity contribution in [1.29, 1.82) is 0 Å². The van der Waals surface area contributed by atoms with E-state index in [1.165, 1.54) is 41.3 Å². The number of rotatable bonds is 2. The highest BCUT2D eigenvalue weighted by molar-refractivity contribution is 7.07. The van der Waals surface area contributed by atoms with Crippen molar-refractivity contribution in [3.63, 3.8) is 0 Å². The van der Waals surface area contributed by atoms with E-state index >= 15 is 0 Å². The number of carbonyl (C=O) groups excluding carboxylic acids is 1. The van der Waals surface area contributed by atoms with Gasteiger partial charge in [0.25, 0.3) is 5.91 Å². The Balaban J connectivity index is 2.25. The summed E-state index contributed by atoms with van der Waals surface area (Å²) in [6, 6.07) is 3.66. The van der Waals surface area contributed by atoms with Gasteiger partial charge in [-0.3, -0.25) is 4.79 Å². The zero-order valence-corrected chi connectivity index (χ0v) is 10.6. The number of aryl methyl sites for hydroxylation is 1. The van der Waals surface area contributed by atoms with Crippen LogP contribution in [0.4, 0.5) is 18.9 Å². The number of nitrogens with zero attached hydrogens (tertiary/aromatic N) is 1. The van der Waals surface area contributed by atoms with E-state index < -0.39 is 17.6 Å². The maximum Gasteiger partial charge on any atom is 0.416 e. The second-order valence-corrected chi connectivity index (χ2v) is 4.57. The van der Waals surface area contributed by atoms with E-state index in [1.807, 2.05) is 0 Å². The van der Waals surface area contributed by atoms with Crippen molar-refractivity contribution in [2.24, 2.45) is 0 Å². The average molecular weight is 286 g/mol. The summed E-state index contributed by atoms with van der Waals surface area (Å²) in [7, 11) is 0. The lowest BCUT2D eigenvalue weighted by Gasteiger charge is -2.12. The van der Waals surface area contributed by atoms with Crippen LogP contribution >= 0.6 is 11.3 Å². The molecule has 3 nitrogen and oxygen atoms in total. The van der Waals surface area contributed by atoms with Gasteiger partial charge < -0.3 is 5.32 Å². The van der Waals surface area contributed by atoms with E-state index in [-0.39, 0.29) is 16.9 Å². The molecule has 0 unspecified atom stereocenters. The first-order valence-corrected chi connectivity index (χ1v) is 6.19. The van der Waals surface area contributed by atoms with Crippen LogP contribution in [0, 0.1) is 6.92 Å². The summed E-state index contributed by atoms with van der Waals surface area (Å²) in [4.78, 5) is 15.5. The Bertz CT molecular complexity index is 594. The average Bonchev–Trinajstić information content (AvgIpc) is 2.83. The number of carbonyl (C=O) groups is 1. The lowest BCUT2D eigenvalue weighted by Crippen LogP contribution is -2.14. The third-order valence-electron chi connectivity index (χ3n) is 2.47. The Morgan fingerprint density at radius 1 is 1.37 bits per heavy atom. The van der Waals surface area contributed by atoms with Crippen molar-refractivity contribution >= 4 is 22.9 Å². The highest BCUT2D eigenvalue weighted by atomic mass is 32.1. The van der Waals surface area contributed by atoms with Crippen LogP contribution in [0.5, 0.6) is 0 Å². The van der Waals surface area contributed by atoms with Gasteiger partial charge in [-0.2, -0.15) is 13.2 Å². The molecule has 0 aliphatic carbocycles. The molecule has 100 valence electrons. The fourth-order valence-corrected chi connectivity index (χ4v) is 2.06. The van der Waals surface area contributed by atoms with Crippen molar-refractivity contribution < 1.29 is 18.0 Å². The summed E-state index contributed by atoms with van der Waals surface area (Å²) < 4.78 is 38.1. The molecule has 0 bridgehead atoms. The second kappa shape index (κ2) is 5.00. The van der Waals surface area contributed by atoms with Crippen molar-refractivity contribution in [1.82, 2.24) is 4.98 Å². The molecule has 0 radical (unpaired) electrons. The molecule has 2 rings (SSSR count). The molecule has 1 amide bonds. The van der Waals surface area contributed by atoms with Gasteiger partial charge in [0.05, 0.1) is 11.1 Å². The molecule has 0 saturated heterocycles. The molecular formula is C12H9F3N2OS. The molecule has 0 spiro atoms. The number of benzene rings is 1. The predicted octanol–water partition coefficient (Wildman–Crippen LogP) is 3.72. The number of anilines is 1. The van der Waals surface area contributed by atoms with Crippen molar-refractivity contribution in [2.45, 2.75) is 13.1 Å². The highest BCUT2D eigenvalue weighted by Gasteiger charge is 2.32. The number of hydrogen-bond acceptors (Lipinski definition) is 3. The van der Waals surface area contributed by atoms with Crippen LogP contribution in [-0.2, 0) is 6.18 Å². The number of halogens is 3. The smallest absolute Gasteiger partial charge is 0.321 e. The summed E-state index contributed by atoms with van der Waals surface area (Å²) in [5.74, 6) is -0.529. The molecule has 0 aliphatic rings. The fraction of sp³-hybridized carbons (Fsp3) is 0.167. The number of hydrogen-bond donors (Lipinski definition) is 1. The quantitative estimate of drug-likeness (QED) is 0.914. The number of amides is 1. The van der Waals surface area contributed by atoms with Gasteiger partial charge in [-0.25, -0.2) is 4.98 Å². The Hall–Kier alpha value is -1.89. The molecule has 0 saturated carbocycles. The van der Waals surface area contributed by atoms with Crippen molar-refractivity contribution in [3.8, 4) is 0 Å². The molecule has 19 heavy (non-hydrogen) atoms. The van der Waals surface area contributed by atoms with Gasteiger partial charge in [0, 0.05) is 11.1 Å². The normalized spacial score (nSPS) is 11.4. The van der Waals surface area contributed by atoms with Gasteiger partial charge in [-0.15, -0.1) is 11.3 Å². The lowest BCUT2D eigenvalue weighted by atomic mass is 10.1. The zero-order chi connectivity index (χ0) is 14.0. The first kappa shape index (κ1) is 13.5. The van der Waals surface area contributed by atoms with Crippen LogP contribution in [0.3, 0.4) is 0 Å². The SMILES string of the molecule is Cc1ccc(NC(=O)c2cscn2)cc1C(F)(F)F. The van der Waals surface area contributed by atoms with E-state index in [4.69, 9.17) is 0 Å². The van der Waals surface area contributed by atoms with E-state index in [2.05, 4.69) is 10.3 Å². The van der Waals surface area contributed by atoms with Gasteiger partial charge in [0.1, 0.15) is 5.69 Å². The van der Waals surface area contributed by atoms with E-state index in [0.717, 1.165) is 6.07 Å². The van der Waals surface area contributed by atoms with Gasteiger partial charge in [-0.05, 0) is 24.6 Å². The van der Waals surface area contributed by atoms with Crippen LogP contribution in [0.1, 0.15) is 21.6 Å². The summed E-state index contributed by atoms with van der Waals surface area (Å²) in [5.41, 5.74) is 1.10. The third-order valence-corrected chi connectivity index (χ3v) is 3.05. The third kappa shape index (κ3) is 3.11. The fourth-order valence-electron chi connectivity index (χ4n) is 1.52. The molecule has 2 aromatic rings. The summed E-state index contributed by atoms with van der Waals surface area (Å²) in [6.45, 7) is 1.37. The highest BCUT2D eigenvalue weighted by Crippen LogP contribution is 2.33. The van der Waals surface area contributed by atoms with Gasteiger partial charge >= 0.3 is 6.18 Å². The first-order chi connectivity index (χ1) is 8.88. The second-order valence-electron chi connectivity index (χ2n) is 3.86. The standard InChI is InChI=1S/C12H9F3N2OS/c1-7-2-3-8(4-9(7)12(13,14)15)17-11(18)10-5-19-6-16-10/h2-6H,1H3,(H,17,18). The summed E-state index contributed by atoms with van der Waals surface area (Å²) in [6.07, 6.45) is -4.44. The van der Waals surface area contributed by atoms with E-state index in [0.29, 0.717) is 0 Å². The maximum absolute atomic E-state index is 12.7. The van der Waals surface area contributed by atoms with Crippen molar-refractivity contribution in [3.05, 3.63) is 45.9 Å². The van der Waals surface area contributed by atoms with Gasteiger partial charge in [0.2, 0.25) is 0 Å². The van der Waals surface area contributed by atoms with E-state index in [1.54, 1.807) is 0 Å². The minimum atomic E-state index is -4.44.